The second kappa shape index (κ2) is 9.24. The first-order valence-corrected chi connectivity index (χ1v) is 9.80. The lowest BCUT2D eigenvalue weighted by Gasteiger charge is -2.15. The Morgan fingerprint density at radius 2 is 1.66 bits per heavy atom. The van der Waals surface area contributed by atoms with Gasteiger partial charge in [-0.25, -0.2) is 0 Å². The van der Waals surface area contributed by atoms with Crippen LogP contribution in [0.2, 0.25) is 0 Å². The summed E-state index contributed by atoms with van der Waals surface area (Å²) in [5.41, 5.74) is 2.10. The van der Waals surface area contributed by atoms with Gasteiger partial charge in [-0.15, -0.1) is 0 Å². The van der Waals surface area contributed by atoms with E-state index in [1.807, 2.05) is 69.3 Å². The molecule has 1 atom stereocenters. The van der Waals surface area contributed by atoms with Gasteiger partial charge in [-0.1, -0.05) is 49.4 Å². The quantitative estimate of drug-likeness (QED) is 0.615. The molecule has 2 amide bonds. The van der Waals surface area contributed by atoms with Crippen LogP contribution in [-0.4, -0.2) is 24.5 Å². The topological polar surface area (TPSA) is 67.4 Å². The molecule has 0 aliphatic carbocycles. The number of amides is 2. The number of ether oxygens (including phenoxy) is 1. The summed E-state index contributed by atoms with van der Waals surface area (Å²) >= 11 is 0. The van der Waals surface area contributed by atoms with Gasteiger partial charge in [-0.3, -0.25) is 9.59 Å². The number of nitrogens with one attached hydrogen (secondary N) is 2. The fourth-order valence-electron chi connectivity index (χ4n) is 2.98. The van der Waals surface area contributed by atoms with Crippen molar-refractivity contribution in [2.45, 2.75) is 33.2 Å². The maximum Gasteiger partial charge on any atom is 0.259 e. The zero-order valence-corrected chi connectivity index (χ0v) is 17.0. The lowest BCUT2D eigenvalue weighted by molar-refractivity contribution is -0.123. The molecule has 5 heteroatoms. The van der Waals surface area contributed by atoms with Crippen LogP contribution < -0.4 is 15.4 Å². The van der Waals surface area contributed by atoms with E-state index in [0.29, 0.717) is 11.3 Å². The van der Waals surface area contributed by atoms with E-state index in [-0.39, 0.29) is 24.5 Å². The number of benzene rings is 3. The van der Waals surface area contributed by atoms with E-state index in [9.17, 15) is 9.59 Å². The van der Waals surface area contributed by atoms with Crippen LogP contribution in [0.25, 0.3) is 10.8 Å². The first-order chi connectivity index (χ1) is 14.0. The average Bonchev–Trinajstić information content (AvgIpc) is 2.73. The summed E-state index contributed by atoms with van der Waals surface area (Å²) in [6.07, 6.45) is 0.839. The Morgan fingerprint density at radius 1 is 1.00 bits per heavy atom. The van der Waals surface area contributed by atoms with E-state index in [1.165, 1.54) is 0 Å². The molecule has 3 rings (SSSR count). The van der Waals surface area contributed by atoms with Gasteiger partial charge in [0.1, 0.15) is 5.75 Å². The lowest BCUT2D eigenvalue weighted by atomic mass is 10.0. The molecule has 0 fully saturated rings. The molecule has 29 heavy (non-hydrogen) atoms. The van der Waals surface area contributed by atoms with E-state index in [2.05, 4.69) is 10.6 Å². The summed E-state index contributed by atoms with van der Waals surface area (Å²) in [5, 5.41) is 7.68. The summed E-state index contributed by atoms with van der Waals surface area (Å²) < 4.78 is 5.77. The van der Waals surface area contributed by atoms with Crippen molar-refractivity contribution in [3.8, 4) is 5.75 Å². The van der Waals surface area contributed by atoms with Gasteiger partial charge in [0.25, 0.3) is 11.8 Å². The molecular formula is C24H26N2O3. The van der Waals surface area contributed by atoms with E-state index < -0.39 is 0 Å². The van der Waals surface area contributed by atoms with Crippen molar-refractivity contribution in [1.29, 1.82) is 0 Å². The smallest absolute Gasteiger partial charge is 0.259 e. The maximum atomic E-state index is 13.0. The van der Waals surface area contributed by atoms with Gasteiger partial charge in [0.05, 0.1) is 5.56 Å². The number of anilines is 1. The third-order valence-corrected chi connectivity index (χ3v) is 4.86. The zero-order chi connectivity index (χ0) is 20.8. The standard InChI is InChI=1S/C24H26N2O3/c1-4-17(3)25-23(27)15-29-22-14-19-11-7-6-10-18(19)13-20(22)24(28)26-21-12-8-5-9-16(21)2/h5-14,17H,4,15H2,1-3H3,(H,25,27)(H,26,28)/t17-/m0/s1. The summed E-state index contributed by atoms with van der Waals surface area (Å²) in [6, 6.07) is 19.0. The van der Waals surface area contributed by atoms with Crippen molar-refractivity contribution in [1.82, 2.24) is 5.32 Å². The van der Waals surface area contributed by atoms with Crippen molar-refractivity contribution in [2.24, 2.45) is 0 Å². The highest BCUT2D eigenvalue weighted by atomic mass is 16.5. The van der Waals surface area contributed by atoms with Crippen LogP contribution in [0.5, 0.6) is 5.75 Å². The summed E-state index contributed by atoms with van der Waals surface area (Å²) in [7, 11) is 0. The van der Waals surface area contributed by atoms with Crippen molar-refractivity contribution >= 4 is 28.3 Å². The minimum Gasteiger partial charge on any atom is -0.483 e. The Hall–Kier alpha value is -3.34. The van der Waals surface area contributed by atoms with E-state index >= 15 is 0 Å². The Morgan fingerprint density at radius 3 is 2.34 bits per heavy atom. The highest BCUT2D eigenvalue weighted by Gasteiger charge is 2.17. The van der Waals surface area contributed by atoms with Crippen LogP contribution in [0.4, 0.5) is 5.69 Å². The maximum absolute atomic E-state index is 13.0. The molecule has 150 valence electrons. The molecule has 0 heterocycles. The van der Waals surface area contributed by atoms with Gasteiger partial charge in [0.15, 0.2) is 6.61 Å². The highest BCUT2D eigenvalue weighted by Crippen LogP contribution is 2.27. The molecule has 3 aromatic rings. The Labute approximate surface area is 171 Å². The van der Waals surface area contributed by atoms with Crippen LogP contribution >= 0.6 is 0 Å². The monoisotopic (exact) mass is 390 g/mol. The van der Waals surface area contributed by atoms with Crippen LogP contribution in [-0.2, 0) is 4.79 Å². The van der Waals surface area contributed by atoms with Crippen LogP contribution in [0.15, 0.2) is 60.7 Å². The first kappa shape index (κ1) is 20.4. The first-order valence-electron chi connectivity index (χ1n) is 9.80. The molecule has 0 aliphatic rings. The average molecular weight is 390 g/mol. The minimum absolute atomic E-state index is 0.0755. The summed E-state index contributed by atoms with van der Waals surface area (Å²) in [4.78, 5) is 25.1. The van der Waals surface area contributed by atoms with Crippen molar-refractivity contribution in [3.05, 3.63) is 71.8 Å². The fourth-order valence-corrected chi connectivity index (χ4v) is 2.98. The molecule has 0 unspecified atom stereocenters. The number of para-hydroxylation sites is 1. The molecule has 0 saturated heterocycles. The molecule has 5 nitrogen and oxygen atoms in total. The summed E-state index contributed by atoms with van der Waals surface area (Å²) in [5.74, 6) is -0.103. The van der Waals surface area contributed by atoms with Gasteiger partial charge in [0.2, 0.25) is 0 Å². The third kappa shape index (κ3) is 5.13. The van der Waals surface area contributed by atoms with Gasteiger partial charge in [-0.2, -0.15) is 0 Å². The predicted molar refractivity (Wildman–Crippen MR) is 116 cm³/mol. The number of carbonyl (C=O) groups is 2. The number of aryl methyl sites for hydroxylation is 1. The lowest BCUT2D eigenvalue weighted by Crippen LogP contribution is -2.35. The van der Waals surface area contributed by atoms with Gasteiger partial charge in [-0.05, 0) is 54.8 Å². The molecule has 0 bridgehead atoms. The number of hydrogen-bond acceptors (Lipinski definition) is 3. The van der Waals surface area contributed by atoms with E-state index in [0.717, 1.165) is 28.4 Å². The molecule has 0 radical (unpaired) electrons. The van der Waals surface area contributed by atoms with Crippen LogP contribution in [0, 0.1) is 6.92 Å². The Kier molecular flexibility index (Phi) is 6.50. The Balaban J connectivity index is 1.88. The van der Waals surface area contributed by atoms with Crippen molar-refractivity contribution < 1.29 is 14.3 Å². The van der Waals surface area contributed by atoms with Gasteiger partial charge in [0, 0.05) is 11.7 Å². The van der Waals surface area contributed by atoms with Crippen molar-refractivity contribution in [2.75, 3.05) is 11.9 Å². The predicted octanol–water partition coefficient (Wildman–Crippen LogP) is 4.69. The summed E-state index contributed by atoms with van der Waals surface area (Å²) in [6.45, 7) is 5.73. The van der Waals surface area contributed by atoms with Crippen LogP contribution in [0.1, 0.15) is 36.2 Å². The van der Waals surface area contributed by atoms with Crippen molar-refractivity contribution in [3.63, 3.8) is 0 Å². The zero-order valence-electron chi connectivity index (χ0n) is 17.0. The molecule has 0 aliphatic heterocycles. The third-order valence-electron chi connectivity index (χ3n) is 4.86. The molecule has 3 aromatic carbocycles. The number of rotatable bonds is 7. The normalized spacial score (nSPS) is 11.7. The number of fused-ring (bicyclic) bond motifs is 1. The minimum atomic E-state index is -0.276. The Bertz CT molecular complexity index is 1030. The van der Waals surface area contributed by atoms with Crippen LogP contribution in [0.3, 0.4) is 0 Å². The second-order valence-corrected chi connectivity index (χ2v) is 7.13. The van der Waals surface area contributed by atoms with E-state index in [1.54, 1.807) is 12.1 Å². The molecule has 0 aromatic heterocycles. The molecular weight excluding hydrogens is 364 g/mol. The molecule has 2 N–H and O–H groups in total. The number of carbonyl (C=O) groups excluding carboxylic acids is 2. The largest absolute Gasteiger partial charge is 0.483 e. The second-order valence-electron chi connectivity index (χ2n) is 7.13. The van der Waals surface area contributed by atoms with Gasteiger partial charge >= 0.3 is 0 Å². The molecule has 0 spiro atoms. The number of hydrogen-bond donors (Lipinski definition) is 2. The van der Waals surface area contributed by atoms with E-state index in [4.69, 9.17) is 4.74 Å². The fraction of sp³-hybridized carbons (Fsp3) is 0.250. The highest BCUT2D eigenvalue weighted by molar-refractivity contribution is 6.09. The molecule has 0 saturated carbocycles. The SMILES string of the molecule is CC[C@H](C)NC(=O)COc1cc2ccccc2cc1C(=O)Nc1ccccc1C. The van der Waals surface area contributed by atoms with Gasteiger partial charge < -0.3 is 15.4 Å².